The fourth-order valence-corrected chi connectivity index (χ4v) is 5.08. The maximum absolute atomic E-state index is 12.7. The average molecular weight is 350 g/mol. The predicted molar refractivity (Wildman–Crippen MR) is 93.8 cm³/mol. The summed E-state index contributed by atoms with van der Waals surface area (Å²) in [4.78, 5) is 19.9. The van der Waals surface area contributed by atoms with Crippen LogP contribution in [0.2, 0.25) is 5.15 Å². The van der Waals surface area contributed by atoms with Gasteiger partial charge in [-0.1, -0.05) is 24.4 Å². The van der Waals surface area contributed by atoms with Gasteiger partial charge < -0.3 is 4.90 Å². The Morgan fingerprint density at radius 2 is 2.13 bits per heavy atom. The fourth-order valence-electron chi connectivity index (χ4n) is 4.07. The molecule has 2 unspecified atom stereocenters. The van der Waals surface area contributed by atoms with E-state index in [0.29, 0.717) is 17.1 Å². The number of rotatable bonds is 2. The van der Waals surface area contributed by atoms with Gasteiger partial charge in [0.15, 0.2) is 10.1 Å². The van der Waals surface area contributed by atoms with Crippen LogP contribution in [0, 0.1) is 5.92 Å². The first-order chi connectivity index (χ1) is 11.2. The summed E-state index contributed by atoms with van der Waals surface area (Å²) in [6.45, 7) is 0.887. The van der Waals surface area contributed by atoms with Crippen LogP contribution in [0.5, 0.6) is 0 Å². The van der Waals surface area contributed by atoms with Crippen molar-refractivity contribution in [1.29, 1.82) is 0 Å². The molecule has 1 saturated carbocycles. The number of carbonyl (C=O) groups excluding carboxylic acids is 1. The quantitative estimate of drug-likeness (QED) is 0.760. The van der Waals surface area contributed by atoms with E-state index < -0.39 is 0 Å². The Hall–Kier alpha value is -1.33. The summed E-state index contributed by atoms with van der Waals surface area (Å²) in [5, 5.41) is 2.42. The second kappa shape index (κ2) is 6.29. The molecule has 3 heterocycles. The molecular weight excluding hydrogens is 330 g/mol. The summed E-state index contributed by atoms with van der Waals surface area (Å²) in [5.74, 6) is 0.819. The molecule has 1 aliphatic heterocycles. The maximum Gasteiger partial charge on any atom is 0.246 e. The van der Waals surface area contributed by atoms with Crippen LogP contribution in [-0.4, -0.2) is 32.8 Å². The molecule has 0 N–H and O–H groups in total. The molecule has 0 bridgehead atoms. The molecule has 2 aromatic heterocycles. The van der Waals surface area contributed by atoms with Gasteiger partial charge in [-0.2, -0.15) is 0 Å². The normalized spacial score (nSPS) is 25.2. The van der Waals surface area contributed by atoms with E-state index in [4.69, 9.17) is 11.6 Å². The van der Waals surface area contributed by atoms with Crippen LogP contribution in [-0.2, 0) is 4.79 Å². The lowest BCUT2D eigenvalue weighted by Crippen LogP contribution is -2.49. The van der Waals surface area contributed by atoms with E-state index in [-0.39, 0.29) is 5.91 Å². The third-order valence-electron chi connectivity index (χ3n) is 5.16. The Morgan fingerprint density at radius 3 is 3.04 bits per heavy atom. The molecule has 4 nitrogen and oxygen atoms in total. The van der Waals surface area contributed by atoms with Gasteiger partial charge in [-0.3, -0.25) is 9.20 Å². The Morgan fingerprint density at radius 1 is 1.30 bits per heavy atom. The summed E-state index contributed by atoms with van der Waals surface area (Å²) in [5.41, 5.74) is 0.786. The van der Waals surface area contributed by atoms with E-state index in [2.05, 4.69) is 9.88 Å². The van der Waals surface area contributed by atoms with Crippen LogP contribution in [0.15, 0.2) is 17.7 Å². The van der Waals surface area contributed by atoms with Crippen molar-refractivity contribution in [1.82, 2.24) is 14.3 Å². The highest BCUT2D eigenvalue weighted by atomic mass is 35.5. The fraction of sp³-hybridized carbons (Fsp3) is 0.529. The van der Waals surface area contributed by atoms with Gasteiger partial charge in [0, 0.05) is 30.2 Å². The number of fused-ring (bicyclic) bond motifs is 2. The van der Waals surface area contributed by atoms with Crippen LogP contribution >= 0.6 is 22.9 Å². The van der Waals surface area contributed by atoms with Crippen molar-refractivity contribution in [3.05, 3.63) is 28.5 Å². The van der Waals surface area contributed by atoms with Gasteiger partial charge in [0.2, 0.25) is 5.91 Å². The van der Waals surface area contributed by atoms with Gasteiger partial charge in [-0.15, -0.1) is 11.3 Å². The van der Waals surface area contributed by atoms with Gasteiger partial charge in [0.05, 0.1) is 5.69 Å². The minimum atomic E-state index is 0.114. The predicted octanol–water partition coefficient (Wildman–Crippen LogP) is 4.24. The second-order valence-corrected chi connectivity index (χ2v) is 7.69. The third kappa shape index (κ3) is 2.81. The molecule has 0 aromatic carbocycles. The summed E-state index contributed by atoms with van der Waals surface area (Å²) >= 11 is 7.73. The number of piperidine rings is 1. The molecular formula is C17H20ClN3OS. The van der Waals surface area contributed by atoms with Crippen molar-refractivity contribution in [2.75, 3.05) is 6.54 Å². The van der Waals surface area contributed by atoms with Crippen LogP contribution in [0.3, 0.4) is 0 Å². The smallest absolute Gasteiger partial charge is 0.246 e. The Labute approximate surface area is 144 Å². The topological polar surface area (TPSA) is 37.6 Å². The van der Waals surface area contributed by atoms with Crippen molar-refractivity contribution in [3.8, 4) is 0 Å². The highest BCUT2D eigenvalue weighted by molar-refractivity contribution is 7.15. The van der Waals surface area contributed by atoms with Crippen LogP contribution in [0.25, 0.3) is 11.0 Å². The lowest BCUT2D eigenvalue weighted by atomic mass is 9.78. The lowest BCUT2D eigenvalue weighted by Gasteiger charge is -2.43. The Bertz CT molecular complexity index is 748. The molecule has 23 heavy (non-hydrogen) atoms. The van der Waals surface area contributed by atoms with Gasteiger partial charge in [-0.05, 0) is 37.7 Å². The zero-order chi connectivity index (χ0) is 15.8. The standard InChI is InChI=1S/C17H20ClN3OS/c18-16-14(21-10-11-23-17(21)19-16)7-8-15(22)20-9-3-5-12-4-1-2-6-13(12)20/h7-8,10-13H,1-6,9H2/b8-7+. The van der Waals surface area contributed by atoms with E-state index in [1.807, 2.05) is 22.1 Å². The largest absolute Gasteiger partial charge is 0.336 e. The molecule has 2 atom stereocenters. The molecule has 4 rings (SSSR count). The molecule has 0 radical (unpaired) electrons. The summed E-state index contributed by atoms with van der Waals surface area (Å²) < 4.78 is 1.93. The molecule has 1 saturated heterocycles. The van der Waals surface area contributed by atoms with E-state index >= 15 is 0 Å². The van der Waals surface area contributed by atoms with E-state index in [1.54, 1.807) is 6.08 Å². The number of hydrogen-bond acceptors (Lipinski definition) is 3. The van der Waals surface area contributed by atoms with Gasteiger partial charge in [-0.25, -0.2) is 4.98 Å². The monoisotopic (exact) mass is 349 g/mol. The minimum absolute atomic E-state index is 0.114. The molecule has 122 valence electrons. The lowest BCUT2D eigenvalue weighted by molar-refractivity contribution is -0.132. The molecule has 2 aromatic rings. The zero-order valence-electron chi connectivity index (χ0n) is 12.9. The van der Waals surface area contributed by atoms with E-state index in [1.165, 1.54) is 37.0 Å². The number of nitrogens with zero attached hydrogens (tertiary/aromatic N) is 3. The number of likely N-dealkylation sites (tertiary alicyclic amines) is 1. The summed E-state index contributed by atoms with van der Waals surface area (Å²) in [7, 11) is 0. The average Bonchev–Trinajstić information content (AvgIpc) is 3.13. The molecule has 6 heteroatoms. The van der Waals surface area contributed by atoms with Gasteiger partial charge in [0.1, 0.15) is 0 Å². The number of aromatic nitrogens is 2. The number of amides is 1. The molecule has 0 spiro atoms. The van der Waals surface area contributed by atoms with Gasteiger partial charge in [0.25, 0.3) is 0 Å². The first-order valence-corrected chi connectivity index (χ1v) is 9.59. The number of halogens is 1. The maximum atomic E-state index is 12.7. The highest BCUT2D eigenvalue weighted by Gasteiger charge is 2.34. The SMILES string of the molecule is O=C(/C=C/c1c(Cl)nc2sccn12)N1CCCC2CCCCC21. The van der Waals surface area contributed by atoms with Crippen LogP contribution < -0.4 is 0 Å². The molecule has 2 fully saturated rings. The van der Waals surface area contributed by atoms with Crippen molar-refractivity contribution < 1.29 is 4.79 Å². The van der Waals surface area contributed by atoms with Crippen molar-refractivity contribution in [3.63, 3.8) is 0 Å². The molecule has 2 aliphatic rings. The number of carbonyl (C=O) groups is 1. The van der Waals surface area contributed by atoms with Gasteiger partial charge >= 0.3 is 0 Å². The highest BCUT2D eigenvalue weighted by Crippen LogP contribution is 2.35. The molecule has 1 amide bonds. The van der Waals surface area contributed by atoms with Crippen LogP contribution in [0.4, 0.5) is 0 Å². The third-order valence-corrected chi connectivity index (χ3v) is 6.20. The van der Waals surface area contributed by atoms with Crippen molar-refractivity contribution in [2.45, 2.75) is 44.6 Å². The number of thiazole rings is 1. The second-order valence-electron chi connectivity index (χ2n) is 6.46. The summed E-state index contributed by atoms with van der Waals surface area (Å²) in [6, 6.07) is 0.441. The van der Waals surface area contributed by atoms with Crippen molar-refractivity contribution >= 4 is 39.9 Å². The van der Waals surface area contributed by atoms with E-state index in [0.717, 1.165) is 30.0 Å². The first-order valence-electron chi connectivity index (χ1n) is 8.34. The Balaban J connectivity index is 1.54. The first kappa shape index (κ1) is 15.2. The number of imidazole rings is 1. The molecule has 1 aliphatic carbocycles. The minimum Gasteiger partial charge on any atom is -0.336 e. The zero-order valence-corrected chi connectivity index (χ0v) is 14.5. The Kier molecular flexibility index (Phi) is 4.16. The van der Waals surface area contributed by atoms with E-state index in [9.17, 15) is 4.79 Å². The van der Waals surface area contributed by atoms with Crippen molar-refractivity contribution in [2.24, 2.45) is 5.92 Å². The van der Waals surface area contributed by atoms with Crippen LogP contribution in [0.1, 0.15) is 44.2 Å². The summed E-state index contributed by atoms with van der Waals surface area (Å²) in [6.07, 6.45) is 12.8. The number of hydrogen-bond donors (Lipinski definition) is 0.